The quantitative estimate of drug-likeness (QED) is 0.286. The summed E-state index contributed by atoms with van der Waals surface area (Å²) in [7, 11) is 0. The smallest absolute Gasteiger partial charge is 0.255 e. The molecule has 32 heavy (non-hydrogen) atoms. The van der Waals surface area contributed by atoms with Crippen LogP contribution in [0, 0.1) is 0 Å². The van der Waals surface area contributed by atoms with Crippen LogP contribution in [0.3, 0.4) is 0 Å². The molecule has 0 aliphatic carbocycles. The van der Waals surface area contributed by atoms with E-state index in [1.54, 1.807) is 0 Å². The van der Waals surface area contributed by atoms with Gasteiger partial charge in [-0.15, -0.1) is 11.3 Å². The first kappa shape index (κ1) is 20.2. The van der Waals surface area contributed by atoms with Gasteiger partial charge in [-0.2, -0.15) is 0 Å². The maximum absolute atomic E-state index is 12.7. The molecule has 0 spiro atoms. The number of amides is 1. The van der Waals surface area contributed by atoms with Crippen molar-refractivity contribution in [1.29, 1.82) is 0 Å². The fourth-order valence-corrected chi connectivity index (χ4v) is 4.31. The third-order valence-electron chi connectivity index (χ3n) is 5.07. The third-order valence-corrected chi connectivity index (χ3v) is 6.16. The molecule has 0 aliphatic heterocycles. The van der Waals surface area contributed by atoms with Crippen molar-refractivity contribution >= 4 is 56.1 Å². The Morgan fingerprint density at radius 3 is 2.41 bits per heavy atom. The third kappa shape index (κ3) is 4.35. The maximum atomic E-state index is 12.7. The molecule has 4 aromatic carbocycles. The molecule has 156 valence electrons. The molecule has 0 fully saturated rings. The fourth-order valence-electron chi connectivity index (χ4n) is 3.40. The average molecular weight is 456 g/mol. The predicted molar refractivity (Wildman–Crippen MR) is 134 cm³/mol. The number of halogens is 1. The Bertz CT molecular complexity index is 1410. The molecule has 6 heteroatoms. The summed E-state index contributed by atoms with van der Waals surface area (Å²) in [5.41, 5.74) is 4.01. The zero-order chi connectivity index (χ0) is 21.9. The van der Waals surface area contributed by atoms with Crippen molar-refractivity contribution in [3.63, 3.8) is 0 Å². The number of anilines is 3. The number of para-hydroxylation sites is 1. The standard InChI is InChI=1S/C26H18ClN3OS/c27-22-7-3-4-8-23(22)29-26-30-24(16-32-26)18-11-13-21(14-12-18)28-25(31)20-10-9-17-5-1-2-6-19(17)15-20/h1-16H,(H,28,31)(H,29,30). The van der Waals surface area contributed by atoms with Crippen LogP contribution in [-0.4, -0.2) is 10.9 Å². The molecule has 0 bridgehead atoms. The van der Waals surface area contributed by atoms with Crippen molar-refractivity contribution in [2.45, 2.75) is 0 Å². The number of carbonyl (C=O) groups is 1. The van der Waals surface area contributed by atoms with E-state index in [4.69, 9.17) is 11.6 Å². The molecule has 0 atom stereocenters. The second-order valence-electron chi connectivity index (χ2n) is 7.24. The largest absolute Gasteiger partial charge is 0.330 e. The van der Waals surface area contributed by atoms with Crippen LogP contribution in [0.4, 0.5) is 16.5 Å². The summed E-state index contributed by atoms with van der Waals surface area (Å²) >= 11 is 7.72. The van der Waals surface area contributed by atoms with Crippen LogP contribution in [0.5, 0.6) is 0 Å². The van der Waals surface area contributed by atoms with Gasteiger partial charge in [0.1, 0.15) is 0 Å². The van der Waals surface area contributed by atoms with Gasteiger partial charge in [0.25, 0.3) is 5.91 Å². The lowest BCUT2D eigenvalue weighted by molar-refractivity contribution is 0.102. The molecule has 1 heterocycles. The minimum absolute atomic E-state index is 0.136. The molecule has 1 amide bonds. The van der Waals surface area contributed by atoms with Crippen molar-refractivity contribution in [3.8, 4) is 11.3 Å². The Hall–Kier alpha value is -3.67. The van der Waals surface area contributed by atoms with E-state index >= 15 is 0 Å². The van der Waals surface area contributed by atoms with Crippen LogP contribution in [0.15, 0.2) is 96.4 Å². The molecule has 0 unspecified atom stereocenters. The van der Waals surface area contributed by atoms with E-state index in [2.05, 4.69) is 15.6 Å². The molecular formula is C26H18ClN3OS. The number of carbonyl (C=O) groups excluding carboxylic acids is 1. The Balaban J connectivity index is 1.28. The molecule has 0 saturated heterocycles. The second kappa shape index (κ2) is 8.83. The van der Waals surface area contributed by atoms with Crippen LogP contribution in [0.25, 0.3) is 22.0 Å². The highest BCUT2D eigenvalue weighted by atomic mass is 35.5. The molecule has 5 rings (SSSR count). The van der Waals surface area contributed by atoms with Gasteiger partial charge in [0.15, 0.2) is 5.13 Å². The monoisotopic (exact) mass is 455 g/mol. The van der Waals surface area contributed by atoms with E-state index in [0.717, 1.165) is 38.5 Å². The highest BCUT2D eigenvalue weighted by Gasteiger charge is 2.09. The number of hydrogen-bond acceptors (Lipinski definition) is 4. The summed E-state index contributed by atoms with van der Waals surface area (Å²) in [5.74, 6) is -0.136. The molecule has 0 saturated carbocycles. The van der Waals surface area contributed by atoms with Crippen molar-refractivity contribution in [2.24, 2.45) is 0 Å². The Kier molecular flexibility index (Phi) is 5.58. The summed E-state index contributed by atoms with van der Waals surface area (Å²) < 4.78 is 0. The maximum Gasteiger partial charge on any atom is 0.255 e. The van der Waals surface area contributed by atoms with E-state index < -0.39 is 0 Å². The zero-order valence-corrected chi connectivity index (χ0v) is 18.5. The highest BCUT2D eigenvalue weighted by molar-refractivity contribution is 7.14. The summed E-state index contributed by atoms with van der Waals surface area (Å²) in [6, 6.07) is 28.9. The number of hydrogen-bond donors (Lipinski definition) is 2. The van der Waals surface area contributed by atoms with E-state index in [9.17, 15) is 4.79 Å². The SMILES string of the molecule is O=C(Nc1ccc(-c2csc(Nc3ccccc3Cl)n2)cc1)c1ccc2ccccc2c1. The van der Waals surface area contributed by atoms with Crippen LogP contribution < -0.4 is 10.6 Å². The van der Waals surface area contributed by atoms with Crippen molar-refractivity contribution in [1.82, 2.24) is 4.98 Å². The van der Waals surface area contributed by atoms with Gasteiger partial charge in [0.05, 0.1) is 16.4 Å². The minimum atomic E-state index is -0.136. The zero-order valence-electron chi connectivity index (χ0n) is 16.9. The van der Waals surface area contributed by atoms with Gasteiger partial charge in [-0.1, -0.05) is 66.2 Å². The number of nitrogens with one attached hydrogen (secondary N) is 2. The Morgan fingerprint density at radius 1 is 0.844 bits per heavy atom. The van der Waals surface area contributed by atoms with Gasteiger partial charge in [-0.05, 0) is 47.2 Å². The van der Waals surface area contributed by atoms with Gasteiger partial charge < -0.3 is 10.6 Å². The lowest BCUT2D eigenvalue weighted by Crippen LogP contribution is -2.11. The molecule has 1 aromatic heterocycles. The van der Waals surface area contributed by atoms with Crippen LogP contribution in [0.1, 0.15) is 10.4 Å². The Labute approximate surface area is 194 Å². The van der Waals surface area contributed by atoms with E-state index in [1.807, 2.05) is 96.4 Å². The number of aromatic nitrogens is 1. The van der Waals surface area contributed by atoms with Gasteiger partial charge >= 0.3 is 0 Å². The van der Waals surface area contributed by atoms with Crippen LogP contribution in [0.2, 0.25) is 5.02 Å². The number of benzene rings is 4. The molecule has 2 N–H and O–H groups in total. The van der Waals surface area contributed by atoms with Crippen molar-refractivity contribution < 1.29 is 4.79 Å². The number of rotatable bonds is 5. The van der Waals surface area contributed by atoms with E-state index in [1.165, 1.54) is 11.3 Å². The first-order valence-corrected chi connectivity index (χ1v) is 11.3. The number of nitrogens with zero attached hydrogens (tertiary/aromatic N) is 1. The molecule has 5 aromatic rings. The topological polar surface area (TPSA) is 54.0 Å². The molecule has 4 nitrogen and oxygen atoms in total. The highest BCUT2D eigenvalue weighted by Crippen LogP contribution is 2.30. The van der Waals surface area contributed by atoms with Crippen LogP contribution >= 0.6 is 22.9 Å². The summed E-state index contributed by atoms with van der Waals surface area (Å²) in [4.78, 5) is 17.3. The fraction of sp³-hybridized carbons (Fsp3) is 0. The Morgan fingerprint density at radius 2 is 1.59 bits per heavy atom. The number of thiazole rings is 1. The lowest BCUT2D eigenvalue weighted by Gasteiger charge is -2.07. The summed E-state index contributed by atoms with van der Waals surface area (Å²) in [6.45, 7) is 0. The predicted octanol–water partition coefficient (Wildman–Crippen LogP) is 7.61. The lowest BCUT2D eigenvalue weighted by atomic mass is 10.1. The van der Waals surface area contributed by atoms with Gasteiger partial charge in [0.2, 0.25) is 0 Å². The van der Waals surface area contributed by atoms with Crippen LogP contribution in [-0.2, 0) is 0 Å². The first-order valence-electron chi connectivity index (χ1n) is 10.0. The minimum Gasteiger partial charge on any atom is -0.330 e. The van der Waals surface area contributed by atoms with Gasteiger partial charge in [0, 0.05) is 22.2 Å². The van der Waals surface area contributed by atoms with E-state index in [-0.39, 0.29) is 5.91 Å². The summed E-state index contributed by atoms with van der Waals surface area (Å²) in [5, 5.41) is 11.8. The molecule has 0 radical (unpaired) electrons. The van der Waals surface area contributed by atoms with Crippen molar-refractivity contribution in [2.75, 3.05) is 10.6 Å². The van der Waals surface area contributed by atoms with Gasteiger partial charge in [-0.3, -0.25) is 4.79 Å². The summed E-state index contributed by atoms with van der Waals surface area (Å²) in [6.07, 6.45) is 0. The average Bonchev–Trinajstić information content (AvgIpc) is 3.29. The normalized spacial score (nSPS) is 10.8. The molecular weight excluding hydrogens is 438 g/mol. The van der Waals surface area contributed by atoms with E-state index in [0.29, 0.717) is 10.6 Å². The first-order chi connectivity index (χ1) is 15.7. The molecule has 0 aliphatic rings. The van der Waals surface area contributed by atoms with Crippen molar-refractivity contribution in [3.05, 3.63) is 107 Å². The van der Waals surface area contributed by atoms with Gasteiger partial charge in [-0.25, -0.2) is 4.98 Å². The number of fused-ring (bicyclic) bond motifs is 1. The second-order valence-corrected chi connectivity index (χ2v) is 8.50.